The van der Waals surface area contributed by atoms with Crippen LogP contribution in [-0.2, 0) is 0 Å². The first-order valence-corrected chi connectivity index (χ1v) is 5.55. The van der Waals surface area contributed by atoms with Crippen LogP contribution in [0.1, 0.15) is 53.4 Å². The van der Waals surface area contributed by atoms with Gasteiger partial charge in [0.25, 0.3) is 0 Å². The molecule has 0 aromatic carbocycles. The van der Waals surface area contributed by atoms with E-state index in [4.69, 9.17) is 0 Å². The van der Waals surface area contributed by atoms with E-state index in [2.05, 4.69) is 45.9 Å². The molecule has 0 aliphatic carbocycles. The predicted octanol–water partition coefficient (Wildman–Crippen LogP) is 4.73. The lowest BCUT2D eigenvalue weighted by molar-refractivity contribution is 0.634. The lowest BCUT2D eigenvalue weighted by Crippen LogP contribution is -1.91. The molecule has 0 fully saturated rings. The fourth-order valence-electron chi connectivity index (χ4n) is 1.40. The molecule has 0 heteroatoms. The largest absolute Gasteiger partial charge is 0.0885 e. The zero-order chi connectivity index (χ0) is 10.1. The Kier molecular flexibility index (Phi) is 7.77. The summed E-state index contributed by atoms with van der Waals surface area (Å²) in [4.78, 5) is 0. The summed E-state index contributed by atoms with van der Waals surface area (Å²) in [5.74, 6) is 0.737. The van der Waals surface area contributed by atoms with E-state index >= 15 is 0 Å². The number of allylic oxidation sites excluding steroid dienone is 4. The molecule has 0 aromatic heterocycles. The zero-order valence-electron chi connectivity index (χ0n) is 9.64. The molecule has 0 aliphatic heterocycles. The van der Waals surface area contributed by atoms with Gasteiger partial charge in [-0.3, -0.25) is 0 Å². The van der Waals surface area contributed by atoms with Crippen LogP contribution in [0.2, 0.25) is 0 Å². The van der Waals surface area contributed by atoms with Crippen LogP contribution in [0.4, 0.5) is 0 Å². The Morgan fingerprint density at radius 1 is 1.31 bits per heavy atom. The van der Waals surface area contributed by atoms with Crippen molar-refractivity contribution in [1.29, 1.82) is 0 Å². The smallest absolute Gasteiger partial charge is 0.0259 e. The molecular weight excluding hydrogens is 156 g/mol. The van der Waals surface area contributed by atoms with Gasteiger partial charge in [0, 0.05) is 0 Å². The van der Waals surface area contributed by atoms with Crippen LogP contribution in [0.5, 0.6) is 0 Å². The van der Waals surface area contributed by atoms with Crippen LogP contribution in [0.15, 0.2) is 23.8 Å². The van der Waals surface area contributed by atoms with E-state index in [-0.39, 0.29) is 0 Å². The summed E-state index contributed by atoms with van der Waals surface area (Å²) in [7, 11) is 0. The Balaban J connectivity index is 3.68. The summed E-state index contributed by atoms with van der Waals surface area (Å²) >= 11 is 0. The molecule has 0 N–H and O–H groups in total. The maximum Gasteiger partial charge on any atom is -0.0259 e. The van der Waals surface area contributed by atoms with Crippen molar-refractivity contribution in [3.63, 3.8) is 0 Å². The second kappa shape index (κ2) is 8.10. The summed E-state index contributed by atoms with van der Waals surface area (Å²) in [6.07, 6.45) is 11.8. The van der Waals surface area contributed by atoms with Crippen LogP contribution in [-0.4, -0.2) is 0 Å². The average molecular weight is 180 g/mol. The molecule has 0 heterocycles. The van der Waals surface area contributed by atoms with Crippen molar-refractivity contribution < 1.29 is 0 Å². The van der Waals surface area contributed by atoms with E-state index in [1.165, 1.54) is 19.3 Å². The highest BCUT2D eigenvalue weighted by Crippen LogP contribution is 2.15. The van der Waals surface area contributed by atoms with E-state index in [1.54, 1.807) is 5.57 Å². The first-order valence-electron chi connectivity index (χ1n) is 5.55. The van der Waals surface area contributed by atoms with Gasteiger partial charge >= 0.3 is 0 Å². The molecule has 0 amide bonds. The third kappa shape index (κ3) is 6.62. The number of hydrogen-bond acceptors (Lipinski definition) is 0. The van der Waals surface area contributed by atoms with Crippen molar-refractivity contribution >= 4 is 0 Å². The minimum atomic E-state index is 0.737. The molecule has 0 saturated heterocycles. The van der Waals surface area contributed by atoms with Crippen LogP contribution < -0.4 is 0 Å². The quantitative estimate of drug-likeness (QED) is 0.519. The van der Waals surface area contributed by atoms with Gasteiger partial charge in [0.1, 0.15) is 0 Å². The Morgan fingerprint density at radius 3 is 2.46 bits per heavy atom. The van der Waals surface area contributed by atoms with E-state index in [0.29, 0.717) is 0 Å². The summed E-state index contributed by atoms with van der Waals surface area (Å²) in [6, 6.07) is 0. The molecule has 1 atom stereocenters. The molecule has 0 aromatic rings. The fourth-order valence-corrected chi connectivity index (χ4v) is 1.40. The Labute approximate surface area is 83.7 Å². The van der Waals surface area contributed by atoms with Crippen LogP contribution >= 0.6 is 0 Å². The summed E-state index contributed by atoms with van der Waals surface area (Å²) in [6.45, 7) is 8.87. The SMILES string of the molecule is CC=C(CC)CCC(C)C=CCC. The van der Waals surface area contributed by atoms with Gasteiger partial charge < -0.3 is 0 Å². The molecule has 0 nitrogen and oxygen atoms in total. The monoisotopic (exact) mass is 180 g/mol. The van der Waals surface area contributed by atoms with Crippen molar-refractivity contribution in [2.45, 2.75) is 53.4 Å². The topological polar surface area (TPSA) is 0 Å². The van der Waals surface area contributed by atoms with Crippen molar-refractivity contribution in [3.8, 4) is 0 Å². The van der Waals surface area contributed by atoms with Crippen LogP contribution in [0.3, 0.4) is 0 Å². The molecule has 1 unspecified atom stereocenters. The molecule has 0 rings (SSSR count). The van der Waals surface area contributed by atoms with Crippen molar-refractivity contribution in [2.75, 3.05) is 0 Å². The number of hydrogen-bond donors (Lipinski definition) is 0. The average Bonchev–Trinajstić information content (AvgIpc) is 2.16. The molecule has 0 spiro atoms. The van der Waals surface area contributed by atoms with Gasteiger partial charge in [-0.1, -0.05) is 44.6 Å². The molecule has 0 radical (unpaired) electrons. The standard InChI is InChI=1S/C13H24/c1-5-8-9-12(4)10-11-13(6-2)7-3/h6,8-9,12H,5,7,10-11H2,1-4H3. The molecule has 13 heavy (non-hydrogen) atoms. The maximum atomic E-state index is 2.34. The van der Waals surface area contributed by atoms with Gasteiger partial charge in [-0.25, -0.2) is 0 Å². The molecule has 0 saturated carbocycles. The first-order chi connectivity index (χ1) is 6.24. The van der Waals surface area contributed by atoms with E-state index < -0.39 is 0 Å². The summed E-state index contributed by atoms with van der Waals surface area (Å²) in [5, 5.41) is 0. The van der Waals surface area contributed by atoms with Crippen molar-refractivity contribution in [3.05, 3.63) is 23.8 Å². The van der Waals surface area contributed by atoms with Crippen molar-refractivity contribution in [1.82, 2.24) is 0 Å². The molecule has 76 valence electrons. The third-order valence-corrected chi connectivity index (χ3v) is 2.48. The normalized spacial score (nSPS) is 15.2. The van der Waals surface area contributed by atoms with Gasteiger partial charge in [0.05, 0.1) is 0 Å². The lowest BCUT2D eigenvalue weighted by Gasteiger charge is -2.07. The second-order valence-electron chi connectivity index (χ2n) is 3.65. The molecular formula is C13H24. The third-order valence-electron chi connectivity index (χ3n) is 2.48. The first kappa shape index (κ1) is 12.5. The highest BCUT2D eigenvalue weighted by Gasteiger charge is 1.98. The molecule has 0 aliphatic rings. The highest BCUT2D eigenvalue weighted by molar-refractivity contribution is 5.00. The van der Waals surface area contributed by atoms with Gasteiger partial charge in [-0.05, 0) is 38.5 Å². The minimum absolute atomic E-state index is 0.737. The zero-order valence-corrected chi connectivity index (χ0v) is 9.64. The predicted molar refractivity (Wildman–Crippen MR) is 61.9 cm³/mol. The number of rotatable bonds is 6. The Bertz CT molecular complexity index is 163. The maximum absolute atomic E-state index is 2.34. The fraction of sp³-hybridized carbons (Fsp3) is 0.692. The summed E-state index contributed by atoms with van der Waals surface area (Å²) in [5.41, 5.74) is 1.59. The van der Waals surface area contributed by atoms with Crippen LogP contribution in [0, 0.1) is 5.92 Å². The van der Waals surface area contributed by atoms with Gasteiger partial charge in [0.2, 0.25) is 0 Å². The van der Waals surface area contributed by atoms with E-state index in [0.717, 1.165) is 12.3 Å². The van der Waals surface area contributed by atoms with Crippen molar-refractivity contribution in [2.24, 2.45) is 5.92 Å². The Hall–Kier alpha value is -0.520. The van der Waals surface area contributed by atoms with E-state index in [1.807, 2.05) is 0 Å². The van der Waals surface area contributed by atoms with Gasteiger partial charge in [-0.2, -0.15) is 0 Å². The van der Waals surface area contributed by atoms with E-state index in [9.17, 15) is 0 Å². The lowest BCUT2D eigenvalue weighted by atomic mass is 9.99. The minimum Gasteiger partial charge on any atom is -0.0885 e. The Morgan fingerprint density at radius 2 is 2.00 bits per heavy atom. The second-order valence-corrected chi connectivity index (χ2v) is 3.65. The molecule has 0 bridgehead atoms. The van der Waals surface area contributed by atoms with Gasteiger partial charge in [-0.15, -0.1) is 0 Å². The summed E-state index contributed by atoms with van der Waals surface area (Å²) < 4.78 is 0. The highest BCUT2D eigenvalue weighted by atomic mass is 14.0. The van der Waals surface area contributed by atoms with Crippen LogP contribution in [0.25, 0.3) is 0 Å². The van der Waals surface area contributed by atoms with Gasteiger partial charge in [0.15, 0.2) is 0 Å².